The lowest BCUT2D eigenvalue weighted by molar-refractivity contribution is -0.127. The van der Waals surface area contributed by atoms with E-state index >= 15 is 0 Å². The Hall–Kier alpha value is -1.78. The van der Waals surface area contributed by atoms with E-state index in [2.05, 4.69) is 15.6 Å². The van der Waals surface area contributed by atoms with Crippen LogP contribution in [0.5, 0.6) is 0 Å². The Morgan fingerprint density at radius 3 is 2.53 bits per heavy atom. The first kappa shape index (κ1) is 13.3. The summed E-state index contributed by atoms with van der Waals surface area (Å²) in [5, 5.41) is 6.24. The zero-order valence-corrected chi connectivity index (χ0v) is 10.7. The van der Waals surface area contributed by atoms with Gasteiger partial charge in [-0.05, 0) is 19.9 Å². The minimum absolute atomic E-state index is 0.0707. The number of carbonyl (C=O) groups excluding carboxylic acids is 1. The second-order valence-electron chi connectivity index (χ2n) is 3.75. The van der Waals surface area contributed by atoms with E-state index in [1.165, 1.54) is 0 Å². The molecule has 0 saturated heterocycles. The third-order valence-corrected chi connectivity index (χ3v) is 2.46. The van der Waals surface area contributed by atoms with Crippen LogP contribution in [0, 0.1) is 0 Å². The number of carbonyl (C=O) groups is 1. The van der Waals surface area contributed by atoms with Crippen molar-refractivity contribution in [2.45, 2.75) is 13.8 Å². The molecule has 1 aromatic heterocycles. The highest BCUT2D eigenvalue weighted by Gasteiger charge is 2.05. The number of hydrogen-bond acceptors (Lipinski definition) is 4. The van der Waals surface area contributed by atoms with Gasteiger partial charge in [0.1, 0.15) is 0 Å². The first-order valence-corrected chi connectivity index (χ1v) is 5.84. The largest absolute Gasteiger partial charge is 0.384 e. The van der Waals surface area contributed by atoms with Gasteiger partial charge >= 0.3 is 0 Å². The van der Waals surface area contributed by atoms with E-state index in [9.17, 15) is 4.79 Å². The van der Waals surface area contributed by atoms with Crippen LogP contribution in [0.15, 0.2) is 18.5 Å². The van der Waals surface area contributed by atoms with Crippen molar-refractivity contribution < 1.29 is 4.79 Å². The van der Waals surface area contributed by atoms with E-state index in [1.54, 1.807) is 24.3 Å². The predicted octanol–water partition coefficient (Wildman–Crippen LogP) is 1.40. The van der Waals surface area contributed by atoms with Crippen molar-refractivity contribution in [2.24, 2.45) is 0 Å². The molecule has 0 radical (unpaired) electrons. The Balaban J connectivity index is 2.51. The summed E-state index contributed by atoms with van der Waals surface area (Å²) in [6.07, 6.45) is 3.47. The lowest BCUT2D eigenvalue weighted by Gasteiger charge is -2.15. The molecule has 0 fully saturated rings. The molecular formula is C12H20N4O. The molecule has 0 atom stereocenters. The maximum atomic E-state index is 11.6. The minimum Gasteiger partial charge on any atom is -0.384 e. The molecule has 1 heterocycles. The van der Waals surface area contributed by atoms with Gasteiger partial charge in [-0.2, -0.15) is 0 Å². The first-order chi connectivity index (χ1) is 8.17. The SMILES string of the molecule is CCNc1cncc(NCC(=O)N(C)CC)c1. The molecule has 0 aliphatic heterocycles. The molecule has 5 heteroatoms. The van der Waals surface area contributed by atoms with Gasteiger partial charge in [0.25, 0.3) is 0 Å². The molecule has 0 aromatic carbocycles. The van der Waals surface area contributed by atoms with Gasteiger partial charge in [0.2, 0.25) is 5.91 Å². The van der Waals surface area contributed by atoms with Crippen LogP contribution in [0.25, 0.3) is 0 Å². The fraction of sp³-hybridized carbons (Fsp3) is 0.500. The fourth-order valence-electron chi connectivity index (χ4n) is 1.33. The highest BCUT2D eigenvalue weighted by atomic mass is 16.2. The molecule has 1 rings (SSSR count). The van der Waals surface area contributed by atoms with Crippen molar-refractivity contribution in [1.29, 1.82) is 0 Å². The molecule has 0 unspecified atom stereocenters. The van der Waals surface area contributed by atoms with Gasteiger partial charge in [0.05, 0.1) is 30.3 Å². The summed E-state index contributed by atoms with van der Waals surface area (Å²) in [7, 11) is 1.79. The number of nitrogens with zero attached hydrogens (tertiary/aromatic N) is 2. The molecule has 5 nitrogen and oxygen atoms in total. The Labute approximate surface area is 102 Å². The van der Waals surface area contributed by atoms with Gasteiger partial charge in [0.15, 0.2) is 0 Å². The molecule has 0 bridgehead atoms. The number of aromatic nitrogens is 1. The summed E-state index contributed by atoms with van der Waals surface area (Å²) >= 11 is 0. The highest BCUT2D eigenvalue weighted by molar-refractivity contribution is 5.80. The molecule has 94 valence electrons. The zero-order chi connectivity index (χ0) is 12.7. The van der Waals surface area contributed by atoms with Crippen LogP contribution in [-0.4, -0.2) is 42.5 Å². The van der Waals surface area contributed by atoms with E-state index in [0.717, 1.165) is 24.5 Å². The van der Waals surface area contributed by atoms with Gasteiger partial charge in [-0.15, -0.1) is 0 Å². The van der Waals surface area contributed by atoms with Gasteiger partial charge in [-0.25, -0.2) is 0 Å². The molecule has 1 amide bonds. The number of pyridine rings is 1. The smallest absolute Gasteiger partial charge is 0.241 e. The van der Waals surface area contributed by atoms with Crippen LogP contribution in [0.1, 0.15) is 13.8 Å². The zero-order valence-electron chi connectivity index (χ0n) is 10.7. The number of nitrogens with one attached hydrogen (secondary N) is 2. The topological polar surface area (TPSA) is 57.3 Å². The number of likely N-dealkylation sites (N-methyl/N-ethyl adjacent to an activating group) is 1. The molecular weight excluding hydrogens is 216 g/mol. The van der Waals surface area contributed by atoms with Crippen LogP contribution in [0.2, 0.25) is 0 Å². The van der Waals surface area contributed by atoms with Gasteiger partial charge in [-0.1, -0.05) is 0 Å². The summed E-state index contributed by atoms with van der Waals surface area (Å²) < 4.78 is 0. The first-order valence-electron chi connectivity index (χ1n) is 5.84. The average Bonchev–Trinajstić information content (AvgIpc) is 2.36. The van der Waals surface area contributed by atoms with E-state index in [-0.39, 0.29) is 5.91 Å². The Kier molecular flexibility index (Phi) is 5.26. The van der Waals surface area contributed by atoms with Gasteiger partial charge in [-0.3, -0.25) is 9.78 Å². The summed E-state index contributed by atoms with van der Waals surface area (Å²) in [6.45, 7) is 5.84. The number of amides is 1. The molecule has 0 aliphatic carbocycles. The van der Waals surface area contributed by atoms with Crippen molar-refractivity contribution >= 4 is 17.3 Å². The predicted molar refractivity (Wildman–Crippen MR) is 70.2 cm³/mol. The summed E-state index contributed by atoms with van der Waals surface area (Å²) in [5.74, 6) is 0.0707. The Bertz CT molecular complexity index is 367. The fourth-order valence-corrected chi connectivity index (χ4v) is 1.33. The highest BCUT2D eigenvalue weighted by Crippen LogP contribution is 2.12. The molecule has 0 saturated carbocycles. The van der Waals surface area contributed by atoms with Crippen LogP contribution in [-0.2, 0) is 4.79 Å². The number of anilines is 2. The molecule has 2 N–H and O–H groups in total. The monoisotopic (exact) mass is 236 g/mol. The summed E-state index contributed by atoms with van der Waals surface area (Å²) in [6, 6.07) is 1.94. The van der Waals surface area contributed by atoms with Crippen molar-refractivity contribution in [3.8, 4) is 0 Å². The van der Waals surface area contributed by atoms with Crippen molar-refractivity contribution in [2.75, 3.05) is 37.3 Å². The quantitative estimate of drug-likeness (QED) is 0.784. The van der Waals surface area contributed by atoms with E-state index in [4.69, 9.17) is 0 Å². The second kappa shape index (κ2) is 6.73. The van der Waals surface area contributed by atoms with E-state index < -0.39 is 0 Å². The summed E-state index contributed by atoms with van der Waals surface area (Å²) in [5.41, 5.74) is 1.80. The lowest BCUT2D eigenvalue weighted by Crippen LogP contribution is -2.31. The Morgan fingerprint density at radius 2 is 1.94 bits per heavy atom. The van der Waals surface area contributed by atoms with Crippen molar-refractivity contribution in [3.05, 3.63) is 18.5 Å². The summed E-state index contributed by atoms with van der Waals surface area (Å²) in [4.78, 5) is 17.4. The molecule has 0 aliphatic rings. The van der Waals surface area contributed by atoms with E-state index in [0.29, 0.717) is 6.54 Å². The molecule has 0 spiro atoms. The van der Waals surface area contributed by atoms with Crippen LogP contribution < -0.4 is 10.6 Å². The number of hydrogen-bond donors (Lipinski definition) is 2. The number of rotatable bonds is 6. The second-order valence-corrected chi connectivity index (χ2v) is 3.75. The van der Waals surface area contributed by atoms with Crippen molar-refractivity contribution in [3.63, 3.8) is 0 Å². The third kappa shape index (κ3) is 4.30. The minimum atomic E-state index is 0.0707. The lowest BCUT2D eigenvalue weighted by atomic mass is 10.3. The van der Waals surface area contributed by atoms with Crippen LogP contribution in [0.4, 0.5) is 11.4 Å². The third-order valence-electron chi connectivity index (χ3n) is 2.46. The average molecular weight is 236 g/mol. The van der Waals surface area contributed by atoms with Gasteiger partial charge < -0.3 is 15.5 Å². The maximum absolute atomic E-state index is 11.6. The van der Waals surface area contributed by atoms with Crippen LogP contribution in [0.3, 0.4) is 0 Å². The van der Waals surface area contributed by atoms with Gasteiger partial charge in [0, 0.05) is 20.1 Å². The van der Waals surface area contributed by atoms with E-state index in [1.807, 2.05) is 19.9 Å². The normalized spacial score (nSPS) is 9.82. The molecule has 1 aromatic rings. The van der Waals surface area contributed by atoms with Crippen molar-refractivity contribution in [1.82, 2.24) is 9.88 Å². The maximum Gasteiger partial charge on any atom is 0.241 e. The molecule has 17 heavy (non-hydrogen) atoms. The van der Waals surface area contributed by atoms with Crippen LogP contribution >= 0.6 is 0 Å². The standard InChI is InChI=1S/C12H20N4O/c1-4-14-10-6-11(8-13-7-10)15-9-12(17)16(3)5-2/h6-8,14-15H,4-5,9H2,1-3H3. The Morgan fingerprint density at radius 1 is 1.29 bits per heavy atom.